The summed E-state index contributed by atoms with van der Waals surface area (Å²) in [5.41, 5.74) is 6.66. The maximum atomic E-state index is 13.6. The van der Waals surface area contributed by atoms with Crippen molar-refractivity contribution in [1.82, 2.24) is 9.55 Å². The first kappa shape index (κ1) is 13.1. The molecule has 0 amide bonds. The van der Waals surface area contributed by atoms with E-state index in [1.807, 2.05) is 13.8 Å². The summed E-state index contributed by atoms with van der Waals surface area (Å²) < 4.78 is 20.5. The Balaban J connectivity index is 2.70. The highest BCUT2D eigenvalue weighted by Gasteiger charge is 2.25. The summed E-state index contributed by atoms with van der Waals surface area (Å²) in [6.07, 6.45) is 0. The summed E-state index contributed by atoms with van der Waals surface area (Å²) >= 11 is 5.73. The van der Waals surface area contributed by atoms with Crippen molar-refractivity contribution in [2.75, 3.05) is 19.5 Å². The van der Waals surface area contributed by atoms with Gasteiger partial charge in [0.15, 0.2) is 0 Å². The van der Waals surface area contributed by atoms with Crippen LogP contribution in [0, 0.1) is 5.82 Å². The van der Waals surface area contributed by atoms with Crippen LogP contribution >= 0.6 is 11.6 Å². The van der Waals surface area contributed by atoms with E-state index in [9.17, 15) is 4.39 Å². The van der Waals surface area contributed by atoms with E-state index < -0.39 is 11.4 Å². The molecule has 0 saturated heterocycles. The molecule has 0 aliphatic carbocycles. The van der Waals surface area contributed by atoms with Crippen molar-refractivity contribution in [2.45, 2.75) is 19.4 Å². The number of hydrogen-bond acceptors (Lipinski definition) is 3. The predicted octanol–water partition coefficient (Wildman–Crippen LogP) is 2.79. The van der Waals surface area contributed by atoms with Gasteiger partial charge < -0.3 is 15.0 Å². The van der Waals surface area contributed by atoms with Crippen molar-refractivity contribution in [2.24, 2.45) is 0 Å². The Kier molecular flexibility index (Phi) is 3.21. The summed E-state index contributed by atoms with van der Waals surface area (Å²) in [7, 11) is 1.61. The molecule has 0 atom stereocenters. The van der Waals surface area contributed by atoms with Gasteiger partial charge >= 0.3 is 0 Å². The fourth-order valence-corrected chi connectivity index (χ4v) is 2.30. The highest BCUT2D eigenvalue weighted by molar-refractivity contribution is 6.31. The van der Waals surface area contributed by atoms with Crippen LogP contribution in [0.5, 0.6) is 0 Å². The van der Waals surface area contributed by atoms with E-state index in [1.165, 1.54) is 12.1 Å². The molecule has 0 spiro atoms. The lowest BCUT2D eigenvalue weighted by Crippen LogP contribution is -2.32. The number of halogens is 2. The van der Waals surface area contributed by atoms with Crippen LogP contribution in [-0.4, -0.2) is 23.3 Å². The molecule has 0 saturated carbocycles. The van der Waals surface area contributed by atoms with Crippen molar-refractivity contribution < 1.29 is 9.13 Å². The van der Waals surface area contributed by atoms with Gasteiger partial charge in [0.1, 0.15) is 5.82 Å². The second-order valence-electron chi connectivity index (χ2n) is 4.81. The number of methoxy groups -OCH3 is 1. The number of nitrogen functional groups attached to an aromatic ring is 1. The number of fused-ring (bicyclic) bond motifs is 1. The average Bonchev–Trinajstić information content (AvgIpc) is 2.55. The maximum absolute atomic E-state index is 13.6. The fraction of sp³-hybridized carbons (Fsp3) is 0.417. The van der Waals surface area contributed by atoms with Gasteiger partial charge in [-0.3, -0.25) is 0 Å². The van der Waals surface area contributed by atoms with Crippen molar-refractivity contribution in [3.05, 3.63) is 23.0 Å². The second kappa shape index (κ2) is 4.40. The molecule has 0 unspecified atom stereocenters. The SMILES string of the molecule is COCC(C)(C)n1c(N)nc2cc(Cl)c(F)cc21. The summed E-state index contributed by atoms with van der Waals surface area (Å²) in [4.78, 5) is 4.20. The third-order valence-electron chi connectivity index (χ3n) is 2.83. The van der Waals surface area contributed by atoms with E-state index in [0.717, 1.165) is 0 Å². The van der Waals surface area contributed by atoms with Crippen molar-refractivity contribution in [3.63, 3.8) is 0 Å². The number of aromatic nitrogens is 2. The molecule has 18 heavy (non-hydrogen) atoms. The summed E-state index contributed by atoms with van der Waals surface area (Å²) in [6.45, 7) is 4.33. The van der Waals surface area contributed by atoms with Gasteiger partial charge in [0.2, 0.25) is 5.95 Å². The topological polar surface area (TPSA) is 53.1 Å². The molecule has 0 aliphatic rings. The minimum absolute atomic E-state index is 0.0386. The lowest BCUT2D eigenvalue weighted by molar-refractivity contribution is 0.113. The summed E-state index contributed by atoms with van der Waals surface area (Å²) in [5.74, 6) is -0.174. The molecule has 2 rings (SSSR count). The number of nitrogens with two attached hydrogens (primary N) is 1. The predicted molar refractivity (Wildman–Crippen MR) is 70.3 cm³/mol. The van der Waals surface area contributed by atoms with Gasteiger partial charge in [-0.1, -0.05) is 11.6 Å². The molecule has 2 aromatic rings. The van der Waals surface area contributed by atoms with Gasteiger partial charge in [0, 0.05) is 13.2 Å². The van der Waals surface area contributed by atoms with Crippen molar-refractivity contribution in [1.29, 1.82) is 0 Å². The van der Waals surface area contributed by atoms with E-state index in [-0.39, 0.29) is 5.02 Å². The molecular weight excluding hydrogens is 257 g/mol. The summed E-state index contributed by atoms with van der Waals surface area (Å²) in [6, 6.07) is 2.82. The zero-order chi connectivity index (χ0) is 13.5. The Morgan fingerprint density at radius 3 is 2.78 bits per heavy atom. The molecule has 2 N–H and O–H groups in total. The largest absolute Gasteiger partial charge is 0.382 e. The minimum atomic E-state index is -0.487. The molecule has 1 heterocycles. The molecule has 0 fully saturated rings. The number of ether oxygens (including phenoxy) is 1. The van der Waals surface area contributed by atoms with E-state index in [2.05, 4.69) is 4.98 Å². The number of hydrogen-bond donors (Lipinski definition) is 1. The van der Waals surface area contributed by atoms with Crippen molar-refractivity contribution >= 4 is 28.6 Å². The van der Waals surface area contributed by atoms with Crippen molar-refractivity contribution in [3.8, 4) is 0 Å². The van der Waals surface area contributed by atoms with Crippen LogP contribution in [0.15, 0.2) is 12.1 Å². The lowest BCUT2D eigenvalue weighted by Gasteiger charge is -2.27. The minimum Gasteiger partial charge on any atom is -0.382 e. The van der Waals surface area contributed by atoms with Crippen LogP contribution in [0.4, 0.5) is 10.3 Å². The van der Waals surface area contributed by atoms with Gasteiger partial charge in [-0.15, -0.1) is 0 Å². The highest BCUT2D eigenvalue weighted by Crippen LogP contribution is 2.30. The lowest BCUT2D eigenvalue weighted by atomic mass is 10.1. The molecule has 0 bridgehead atoms. The second-order valence-corrected chi connectivity index (χ2v) is 5.21. The van der Waals surface area contributed by atoms with Crippen LogP contribution in [0.3, 0.4) is 0 Å². The van der Waals surface area contributed by atoms with E-state index in [4.69, 9.17) is 22.1 Å². The van der Waals surface area contributed by atoms with Crippen LogP contribution in [0.25, 0.3) is 11.0 Å². The number of rotatable bonds is 3. The smallest absolute Gasteiger partial charge is 0.201 e. The number of nitrogens with zero attached hydrogens (tertiary/aromatic N) is 2. The third-order valence-corrected chi connectivity index (χ3v) is 3.12. The van der Waals surface area contributed by atoms with Gasteiger partial charge in [0.05, 0.1) is 28.2 Å². The molecule has 98 valence electrons. The first-order valence-electron chi connectivity index (χ1n) is 5.49. The van der Waals surface area contributed by atoms with Crippen LogP contribution < -0.4 is 5.73 Å². The van der Waals surface area contributed by atoms with Gasteiger partial charge in [-0.25, -0.2) is 9.37 Å². The first-order valence-corrected chi connectivity index (χ1v) is 5.87. The van der Waals surface area contributed by atoms with Gasteiger partial charge in [-0.05, 0) is 19.9 Å². The molecule has 1 aromatic carbocycles. The molecule has 6 heteroatoms. The Morgan fingerprint density at radius 1 is 1.50 bits per heavy atom. The monoisotopic (exact) mass is 271 g/mol. The molecule has 0 aliphatic heterocycles. The number of imidazole rings is 1. The Labute approximate surface area is 109 Å². The van der Waals surface area contributed by atoms with Crippen LogP contribution in [0.1, 0.15) is 13.8 Å². The van der Waals surface area contributed by atoms with E-state index >= 15 is 0 Å². The normalized spacial score (nSPS) is 12.3. The standard InChI is InChI=1S/C12H15ClFN3O/c1-12(2,6-18-3)17-10-5-8(14)7(13)4-9(10)16-11(17)15/h4-5H,6H2,1-3H3,(H2,15,16). The molecule has 0 radical (unpaired) electrons. The highest BCUT2D eigenvalue weighted by atomic mass is 35.5. The van der Waals surface area contributed by atoms with E-state index in [0.29, 0.717) is 23.6 Å². The zero-order valence-electron chi connectivity index (χ0n) is 10.5. The Bertz CT molecular complexity index is 595. The van der Waals surface area contributed by atoms with E-state index in [1.54, 1.807) is 11.7 Å². The molecule has 4 nitrogen and oxygen atoms in total. The average molecular weight is 272 g/mol. The number of anilines is 1. The van der Waals surface area contributed by atoms with Gasteiger partial charge in [-0.2, -0.15) is 0 Å². The Hall–Kier alpha value is -1.33. The maximum Gasteiger partial charge on any atom is 0.201 e. The number of benzene rings is 1. The third kappa shape index (κ3) is 2.04. The van der Waals surface area contributed by atoms with Crippen LogP contribution in [-0.2, 0) is 10.3 Å². The zero-order valence-corrected chi connectivity index (χ0v) is 11.3. The van der Waals surface area contributed by atoms with Gasteiger partial charge in [0.25, 0.3) is 0 Å². The quantitative estimate of drug-likeness (QED) is 0.934. The molecular formula is C12H15ClFN3O. The van der Waals surface area contributed by atoms with Crippen LogP contribution in [0.2, 0.25) is 5.02 Å². The Morgan fingerprint density at radius 2 is 2.17 bits per heavy atom. The first-order chi connectivity index (χ1) is 8.36. The summed E-state index contributed by atoms with van der Waals surface area (Å²) in [5, 5.41) is 0.0386. The molecule has 1 aromatic heterocycles. The fourth-order valence-electron chi connectivity index (χ4n) is 2.15.